The summed E-state index contributed by atoms with van der Waals surface area (Å²) in [6.07, 6.45) is 0. The predicted octanol–water partition coefficient (Wildman–Crippen LogP) is 1.93. The van der Waals surface area contributed by atoms with Gasteiger partial charge >= 0.3 is 0 Å². The van der Waals surface area contributed by atoms with Gasteiger partial charge in [0.1, 0.15) is 0 Å². The van der Waals surface area contributed by atoms with Crippen LogP contribution in [0.4, 0.5) is 5.82 Å². The molecule has 78 valence electrons. The van der Waals surface area contributed by atoms with Crippen LogP contribution in [0, 0.1) is 0 Å². The van der Waals surface area contributed by atoms with Crippen molar-refractivity contribution in [1.29, 1.82) is 0 Å². The van der Waals surface area contributed by atoms with E-state index in [0.717, 1.165) is 10.9 Å². The van der Waals surface area contributed by atoms with Gasteiger partial charge < -0.3 is 16.0 Å². The molecule has 0 saturated carbocycles. The molecule has 0 spiro atoms. The van der Waals surface area contributed by atoms with Crippen LogP contribution < -0.4 is 11.5 Å². The average Bonchev–Trinajstić information content (AvgIpc) is 2.47. The lowest BCUT2D eigenvalue weighted by molar-refractivity contribution is 0.460. The van der Waals surface area contributed by atoms with Crippen LogP contribution in [0.25, 0.3) is 11.0 Å². The highest BCUT2D eigenvalue weighted by Gasteiger charge is 2.03. The Labute approximate surface area is 88.6 Å². The quantitative estimate of drug-likeness (QED) is 0.762. The first-order valence-corrected chi connectivity index (χ1v) is 3.65. The molecule has 5 heteroatoms. The Bertz CT molecular complexity index is 413. The Morgan fingerprint density at radius 2 is 2.07 bits per heavy atom. The lowest BCUT2D eigenvalue weighted by Crippen LogP contribution is -1.95. The van der Waals surface area contributed by atoms with Gasteiger partial charge in [-0.05, 0) is 17.7 Å². The zero-order chi connectivity index (χ0) is 8.55. The van der Waals surface area contributed by atoms with E-state index in [0.29, 0.717) is 17.9 Å². The van der Waals surface area contributed by atoms with Gasteiger partial charge in [0.25, 0.3) is 0 Å². The molecule has 4 nitrogen and oxygen atoms in total. The Morgan fingerprint density at radius 3 is 2.71 bits per heavy atom. The molecule has 0 bridgehead atoms. The molecule has 0 saturated heterocycles. The van der Waals surface area contributed by atoms with E-state index in [4.69, 9.17) is 16.0 Å². The second kappa shape index (κ2) is 4.83. The fraction of sp³-hybridized carbons (Fsp3) is 0.222. The van der Waals surface area contributed by atoms with Crippen LogP contribution in [0.15, 0.2) is 22.7 Å². The Kier molecular flexibility index (Phi) is 4.40. The first-order chi connectivity index (χ1) is 5.81. The topological polar surface area (TPSA) is 78.1 Å². The fourth-order valence-corrected chi connectivity index (χ4v) is 1.13. The molecular formula is C9H14ClN3O. The number of nitrogen functional groups attached to an aromatic ring is 1. The Morgan fingerprint density at radius 1 is 1.36 bits per heavy atom. The first kappa shape index (κ1) is 12.7. The summed E-state index contributed by atoms with van der Waals surface area (Å²) in [7, 11) is 0. The minimum atomic E-state index is 0. The maximum Gasteiger partial charge on any atom is 0.174 e. The molecule has 2 aromatic rings. The number of aromatic nitrogens is 1. The van der Waals surface area contributed by atoms with Crippen LogP contribution in [-0.2, 0) is 6.54 Å². The molecule has 0 fully saturated rings. The standard InChI is InChI=1S/C8H9N3O.CH4.ClH/c9-4-5-1-2-7-6(3-5)8(10)11-12-7;;/h1-3H,4,9H2,(H2,10,11);1H4;1H. The van der Waals surface area contributed by atoms with E-state index in [-0.39, 0.29) is 19.8 Å². The molecule has 14 heavy (non-hydrogen) atoms. The number of nitrogens with two attached hydrogens (primary N) is 2. The van der Waals surface area contributed by atoms with E-state index in [1.807, 2.05) is 18.2 Å². The molecule has 1 heterocycles. The summed E-state index contributed by atoms with van der Waals surface area (Å²) in [6, 6.07) is 5.61. The van der Waals surface area contributed by atoms with Gasteiger partial charge in [-0.25, -0.2) is 0 Å². The Hall–Kier alpha value is -1.26. The maximum absolute atomic E-state index is 5.55. The smallest absolute Gasteiger partial charge is 0.174 e. The van der Waals surface area contributed by atoms with Crippen molar-refractivity contribution in [2.75, 3.05) is 5.73 Å². The molecular weight excluding hydrogens is 202 g/mol. The van der Waals surface area contributed by atoms with Gasteiger partial charge in [-0.3, -0.25) is 0 Å². The number of nitrogens with zero attached hydrogens (tertiary/aromatic N) is 1. The summed E-state index contributed by atoms with van der Waals surface area (Å²) in [6.45, 7) is 0.501. The molecule has 0 aliphatic heterocycles. The third kappa shape index (κ3) is 1.97. The van der Waals surface area contributed by atoms with Crippen LogP contribution in [0.5, 0.6) is 0 Å². The van der Waals surface area contributed by atoms with Gasteiger partial charge in [0.15, 0.2) is 11.4 Å². The van der Waals surface area contributed by atoms with E-state index in [2.05, 4.69) is 5.16 Å². The molecule has 1 aromatic heterocycles. The number of fused-ring (bicyclic) bond motifs is 1. The molecule has 0 amide bonds. The summed E-state index contributed by atoms with van der Waals surface area (Å²) in [4.78, 5) is 0. The van der Waals surface area contributed by atoms with Crippen molar-refractivity contribution >= 4 is 29.2 Å². The zero-order valence-electron chi connectivity index (χ0n) is 6.86. The summed E-state index contributed by atoms with van der Waals surface area (Å²) in [5, 5.41) is 4.46. The van der Waals surface area contributed by atoms with Crippen LogP contribution in [0.1, 0.15) is 13.0 Å². The lowest BCUT2D eigenvalue weighted by Gasteiger charge is -1.94. The lowest BCUT2D eigenvalue weighted by atomic mass is 10.1. The highest BCUT2D eigenvalue weighted by atomic mass is 35.5. The van der Waals surface area contributed by atoms with Crippen molar-refractivity contribution in [2.24, 2.45) is 5.73 Å². The van der Waals surface area contributed by atoms with Crippen LogP contribution >= 0.6 is 12.4 Å². The first-order valence-electron chi connectivity index (χ1n) is 3.65. The highest BCUT2D eigenvalue weighted by Crippen LogP contribution is 2.20. The maximum atomic E-state index is 5.55. The second-order valence-corrected chi connectivity index (χ2v) is 2.60. The third-order valence-corrected chi connectivity index (χ3v) is 1.80. The van der Waals surface area contributed by atoms with Gasteiger partial charge in [-0.1, -0.05) is 18.6 Å². The number of rotatable bonds is 1. The van der Waals surface area contributed by atoms with E-state index in [9.17, 15) is 0 Å². The molecule has 1 aromatic carbocycles. The Balaban J connectivity index is 0.000000845. The summed E-state index contributed by atoms with van der Waals surface area (Å²) < 4.78 is 4.93. The van der Waals surface area contributed by atoms with Crippen molar-refractivity contribution in [3.63, 3.8) is 0 Å². The van der Waals surface area contributed by atoms with E-state index in [1.54, 1.807) is 0 Å². The molecule has 0 aliphatic rings. The molecule has 2 rings (SSSR count). The largest absolute Gasteiger partial charge is 0.380 e. The van der Waals surface area contributed by atoms with Crippen LogP contribution in [-0.4, -0.2) is 5.16 Å². The van der Waals surface area contributed by atoms with Crippen molar-refractivity contribution in [3.05, 3.63) is 23.8 Å². The van der Waals surface area contributed by atoms with E-state index < -0.39 is 0 Å². The predicted molar refractivity (Wildman–Crippen MR) is 60.3 cm³/mol. The number of hydrogen-bond donors (Lipinski definition) is 2. The summed E-state index contributed by atoms with van der Waals surface area (Å²) in [5.41, 5.74) is 12.7. The number of hydrogen-bond acceptors (Lipinski definition) is 4. The zero-order valence-corrected chi connectivity index (χ0v) is 7.67. The van der Waals surface area contributed by atoms with Crippen LogP contribution in [0.2, 0.25) is 0 Å². The van der Waals surface area contributed by atoms with Crippen molar-refractivity contribution in [3.8, 4) is 0 Å². The summed E-state index contributed by atoms with van der Waals surface area (Å²) >= 11 is 0. The number of benzene rings is 1. The number of anilines is 1. The molecule has 4 N–H and O–H groups in total. The minimum absolute atomic E-state index is 0. The van der Waals surface area contributed by atoms with Gasteiger partial charge in [0, 0.05) is 6.54 Å². The molecule has 0 atom stereocenters. The van der Waals surface area contributed by atoms with Gasteiger partial charge in [0.2, 0.25) is 0 Å². The molecule has 0 radical (unpaired) electrons. The molecule has 0 aliphatic carbocycles. The van der Waals surface area contributed by atoms with Crippen LogP contribution in [0.3, 0.4) is 0 Å². The monoisotopic (exact) mass is 215 g/mol. The SMILES string of the molecule is C.Cl.NCc1ccc2onc(N)c2c1. The third-order valence-electron chi connectivity index (χ3n) is 1.80. The van der Waals surface area contributed by atoms with E-state index >= 15 is 0 Å². The van der Waals surface area contributed by atoms with Crippen molar-refractivity contribution in [1.82, 2.24) is 5.16 Å². The van der Waals surface area contributed by atoms with Gasteiger partial charge in [-0.15, -0.1) is 12.4 Å². The van der Waals surface area contributed by atoms with Crippen molar-refractivity contribution < 1.29 is 4.52 Å². The fourth-order valence-electron chi connectivity index (χ4n) is 1.13. The van der Waals surface area contributed by atoms with Crippen molar-refractivity contribution in [2.45, 2.75) is 14.0 Å². The highest BCUT2D eigenvalue weighted by molar-refractivity contribution is 5.87. The van der Waals surface area contributed by atoms with E-state index in [1.165, 1.54) is 0 Å². The summed E-state index contributed by atoms with van der Waals surface area (Å²) in [5.74, 6) is 0.417. The van der Waals surface area contributed by atoms with Gasteiger partial charge in [0.05, 0.1) is 5.39 Å². The van der Waals surface area contributed by atoms with Gasteiger partial charge in [-0.2, -0.15) is 0 Å². The number of halogens is 1. The minimum Gasteiger partial charge on any atom is -0.380 e. The average molecular weight is 216 g/mol. The second-order valence-electron chi connectivity index (χ2n) is 2.60. The normalized spacial score (nSPS) is 9.21. The molecule has 0 unspecified atom stereocenters.